The van der Waals surface area contributed by atoms with Gasteiger partial charge in [0.2, 0.25) is 5.91 Å². The molecule has 3 atom stereocenters. The van der Waals surface area contributed by atoms with Crippen LogP contribution in [0.2, 0.25) is 0 Å². The van der Waals surface area contributed by atoms with Crippen molar-refractivity contribution < 1.29 is 23.9 Å². The Kier molecular flexibility index (Phi) is 7.98. The number of Topliss-reactive ketones (excluding diaryl/α,β-unsaturated/α-hetero) is 1. The molecular weight excluding hydrogens is 470 g/mol. The van der Waals surface area contributed by atoms with E-state index in [4.69, 9.17) is 9.47 Å². The van der Waals surface area contributed by atoms with E-state index in [1.807, 2.05) is 19.1 Å². The third-order valence-electron chi connectivity index (χ3n) is 8.77. The van der Waals surface area contributed by atoms with E-state index in [2.05, 4.69) is 29.3 Å². The van der Waals surface area contributed by atoms with Gasteiger partial charge in [0.05, 0.1) is 6.54 Å². The molecule has 4 aliphatic rings. The summed E-state index contributed by atoms with van der Waals surface area (Å²) in [4.78, 5) is 44.1. The van der Waals surface area contributed by atoms with Gasteiger partial charge in [0.25, 0.3) is 5.91 Å². The molecule has 0 aromatic heterocycles. The van der Waals surface area contributed by atoms with Crippen LogP contribution in [0.15, 0.2) is 24.3 Å². The van der Waals surface area contributed by atoms with E-state index in [0.29, 0.717) is 37.5 Å². The first-order valence-electron chi connectivity index (χ1n) is 14.2. The molecule has 202 valence electrons. The van der Waals surface area contributed by atoms with Gasteiger partial charge in [0.15, 0.2) is 5.78 Å². The number of amides is 2. The average molecular weight is 512 g/mol. The minimum Gasteiger partial charge on any atom is -0.374 e. The molecule has 3 aliphatic heterocycles. The van der Waals surface area contributed by atoms with E-state index in [1.54, 1.807) is 4.90 Å². The molecule has 1 saturated carbocycles. The molecule has 1 aromatic rings. The molecule has 2 amide bonds. The van der Waals surface area contributed by atoms with Gasteiger partial charge in [-0.1, -0.05) is 31.9 Å². The molecule has 5 rings (SSSR count). The van der Waals surface area contributed by atoms with Crippen molar-refractivity contribution in [2.24, 2.45) is 0 Å². The summed E-state index contributed by atoms with van der Waals surface area (Å²) >= 11 is 0. The Morgan fingerprint density at radius 1 is 1.11 bits per heavy atom. The lowest BCUT2D eigenvalue weighted by molar-refractivity contribution is -0.142. The molecule has 8 nitrogen and oxygen atoms in total. The van der Waals surface area contributed by atoms with Gasteiger partial charge in [-0.05, 0) is 82.3 Å². The van der Waals surface area contributed by atoms with Crippen LogP contribution in [-0.2, 0) is 19.1 Å². The number of nitrogens with one attached hydrogen (secondary N) is 1. The Morgan fingerprint density at radius 2 is 1.81 bits per heavy atom. The normalized spacial score (nSPS) is 28.0. The Bertz CT molecular complexity index is 982. The molecule has 0 radical (unpaired) electrons. The van der Waals surface area contributed by atoms with Gasteiger partial charge in [-0.25, -0.2) is 0 Å². The number of hydrogen-bond acceptors (Lipinski definition) is 6. The maximum absolute atomic E-state index is 14.0. The van der Waals surface area contributed by atoms with E-state index >= 15 is 0 Å². The lowest BCUT2D eigenvalue weighted by Gasteiger charge is -2.35. The summed E-state index contributed by atoms with van der Waals surface area (Å²) in [6, 6.07) is 7.30. The lowest BCUT2D eigenvalue weighted by atomic mass is 9.88. The standard InChI is InChI=1S/C29H41N3O5/c1-3-15-31-16-11-21(12-17-31)20-7-9-22(10-8-20)27(34)30-29(13-5-6-14-29)28(35)32-18-24(36-4-2)26-25(32)23(33)19-37-26/h7-10,21,24-26H,3-6,11-19H2,1-2H3,(H,30,34)/t24-,25+,26+/m0/s1. The predicted octanol–water partition coefficient (Wildman–Crippen LogP) is 2.90. The van der Waals surface area contributed by atoms with Crippen LogP contribution < -0.4 is 5.32 Å². The molecule has 4 fully saturated rings. The van der Waals surface area contributed by atoms with Crippen LogP contribution in [0.4, 0.5) is 0 Å². The second-order valence-corrected chi connectivity index (χ2v) is 11.1. The largest absolute Gasteiger partial charge is 0.374 e. The molecule has 0 unspecified atom stereocenters. The van der Waals surface area contributed by atoms with Crippen LogP contribution in [0.5, 0.6) is 0 Å². The van der Waals surface area contributed by atoms with Gasteiger partial charge < -0.3 is 24.6 Å². The highest BCUT2D eigenvalue weighted by Gasteiger charge is 2.56. The first kappa shape index (κ1) is 26.3. The van der Waals surface area contributed by atoms with Gasteiger partial charge in [0.1, 0.15) is 30.4 Å². The third-order valence-corrected chi connectivity index (χ3v) is 8.77. The van der Waals surface area contributed by atoms with Crippen LogP contribution in [0.3, 0.4) is 0 Å². The first-order valence-corrected chi connectivity index (χ1v) is 14.2. The quantitative estimate of drug-likeness (QED) is 0.578. The summed E-state index contributed by atoms with van der Waals surface area (Å²) in [6.45, 7) is 8.35. The van der Waals surface area contributed by atoms with Crippen LogP contribution in [0.25, 0.3) is 0 Å². The Balaban J connectivity index is 1.27. The van der Waals surface area contributed by atoms with E-state index in [0.717, 1.165) is 38.8 Å². The van der Waals surface area contributed by atoms with Crippen molar-refractivity contribution in [1.82, 2.24) is 15.1 Å². The number of likely N-dealkylation sites (tertiary alicyclic amines) is 2. The molecule has 0 spiro atoms. The van der Waals surface area contributed by atoms with Gasteiger partial charge in [-0.3, -0.25) is 14.4 Å². The zero-order valence-electron chi connectivity index (χ0n) is 22.2. The van der Waals surface area contributed by atoms with E-state index < -0.39 is 17.7 Å². The topological polar surface area (TPSA) is 88.2 Å². The summed E-state index contributed by atoms with van der Waals surface area (Å²) < 4.78 is 11.5. The summed E-state index contributed by atoms with van der Waals surface area (Å²) in [5, 5.41) is 3.12. The Hall–Kier alpha value is -2.29. The number of fused-ring (bicyclic) bond motifs is 1. The van der Waals surface area contributed by atoms with E-state index in [9.17, 15) is 14.4 Å². The second kappa shape index (κ2) is 11.2. The molecule has 0 bridgehead atoms. The molecule has 37 heavy (non-hydrogen) atoms. The van der Waals surface area contributed by atoms with Crippen molar-refractivity contribution in [2.45, 2.75) is 88.5 Å². The molecule has 1 aromatic carbocycles. The number of carbonyl (C=O) groups excluding carboxylic acids is 3. The van der Waals surface area contributed by atoms with Gasteiger partial charge in [0, 0.05) is 12.2 Å². The van der Waals surface area contributed by atoms with Gasteiger partial charge in [-0.15, -0.1) is 0 Å². The number of piperidine rings is 1. The van der Waals surface area contributed by atoms with Gasteiger partial charge >= 0.3 is 0 Å². The minimum atomic E-state index is -0.990. The number of benzene rings is 1. The van der Waals surface area contributed by atoms with Crippen molar-refractivity contribution in [2.75, 3.05) is 39.4 Å². The summed E-state index contributed by atoms with van der Waals surface area (Å²) in [5.74, 6) is 0.0345. The van der Waals surface area contributed by atoms with Crippen molar-refractivity contribution >= 4 is 17.6 Å². The number of ketones is 1. The highest BCUT2D eigenvalue weighted by atomic mass is 16.6. The van der Waals surface area contributed by atoms with Crippen LogP contribution >= 0.6 is 0 Å². The minimum absolute atomic E-state index is 0.00598. The maximum Gasteiger partial charge on any atom is 0.252 e. The zero-order chi connectivity index (χ0) is 26.0. The second-order valence-electron chi connectivity index (χ2n) is 11.1. The average Bonchev–Trinajstić information content (AvgIpc) is 3.63. The van der Waals surface area contributed by atoms with Crippen molar-refractivity contribution in [3.63, 3.8) is 0 Å². The predicted molar refractivity (Wildman–Crippen MR) is 139 cm³/mol. The zero-order valence-corrected chi connectivity index (χ0v) is 22.2. The Labute approximate surface area is 220 Å². The summed E-state index contributed by atoms with van der Waals surface area (Å²) in [5.41, 5.74) is 0.860. The van der Waals surface area contributed by atoms with Crippen molar-refractivity contribution in [3.05, 3.63) is 35.4 Å². The maximum atomic E-state index is 14.0. The lowest BCUT2D eigenvalue weighted by Crippen LogP contribution is -2.60. The van der Waals surface area contributed by atoms with Crippen molar-refractivity contribution in [3.8, 4) is 0 Å². The Morgan fingerprint density at radius 3 is 2.46 bits per heavy atom. The van der Waals surface area contributed by atoms with Crippen LogP contribution in [0, 0.1) is 0 Å². The fourth-order valence-electron chi connectivity index (χ4n) is 6.83. The molecular formula is C29H41N3O5. The molecule has 1 N–H and O–H groups in total. The fourth-order valence-corrected chi connectivity index (χ4v) is 6.83. The molecule has 3 heterocycles. The number of nitrogens with zero attached hydrogens (tertiary/aromatic N) is 2. The molecule has 3 saturated heterocycles. The highest BCUT2D eigenvalue weighted by Crippen LogP contribution is 2.37. The van der Waals surface area contributed by atoms with Crippen molar-refractivity contribution in [1.29, 1.82) is 0 Å². The van der Waals surface area contributed by atoms with E-state index in [1.165, 1.54) is 18.5 Å². The number of ether oxygens (including phenoxy) is 2. The van der Waals surface area contributed by atoms with Crippen LogP contribution in [-0.4, -0.2) is 90.6 Å². The monoisotopic (exact) mass is 511 g/mol. The van der Waals surface area contributed by atoms with Gasteiger partial charge in [-0.2, -0.15) is 0 Å². The summed E-state index contributed by atoms with van der Waals surface area (Å²) in [7, 11) is 0. The third kappa shape index (κ3) is 5.20. The number of carbonyl (C=O) groups is 3. The highest BCUT2D eigenvalue weighted by molar-refractivity contribution is 6.01. The number of rotatable bonds is 8. The smallest absolute Gasteiger partial charge is 0.252 e. The molecule has 1 aliphatic carbocycles. The summed E-state index contributed by atoms with van der Waals surface area (Å²) in [6.07, 6.45) is 5.62. The first-order chi connectivity index (χ1) is 18.0. The number of hydrogen-bond donors (Lipinski definition) is 1. The molecule has 8 heteroatoms. The van der Waals surface area contributed by atoms with Crippen LogP contribution in [0.1, 0.15) is 80.6 Å². The fraction of sp³-hybridized carbons (Fsp3) is 0.690. The SMILES string of the molecule is CCCN1CCC(c2ccc(C(=O)NC3(C(=O)N4C[C@H](OCC)[C@H]5OCC(=O)[C@H]54)CCCC3)cc2)CC1. The van der Waals surface area contributed by atoms with E-state index in [-0.39, 0.29) is 30.3 Å².